The highest BCUT2D eigenvalue weighted by Crippen LogP contribution is 2.31. The van der Waals surface area contributed by atoms with E-state index in [4.69, 9.17) is 17.3 Å². The van der Waals surface area contributed by atoms with Gasteiger partial charge in [0.25, 0.3) is 0 Å². The Morgan fingerprint density at radius 1 is 1.31 bits per heavy atom. The van der Waals surface area contributed by atoms with Gasteiger partial charge in [0.05, 0.1) is 22.2 Å². The Labute approximate surface area is 157 Å². The Morgan fingerprint density at radius 3 is 2.81 bits per heavy atom. The van der Waals surface area contributed by atoms with Crippen LogP contribution in [0.25, 0.3) is 0 Å². The molecule has 0 unspecified atom stereocenters. The quantitative estimate of drug-likeness (QED) is 0.779. The first-order chi connectivity index (χ1) is 12.3. The molecule has 2 aromatic rings. The van der Waals surface area contributed by atoms with Gasteiger partial charge in [-0.15, -0.1) is 0 Å². The zero-order chi connectivity index (χ0) is 18.9. The number of benzene rings is 2. The topological polar surface area (TPSA) is 92.5 Å². The normalized spacial score (nSPS) is 14.0. The standard InChI is InChI=1S/C18H20ClN3O3S/c1-26(24,25)12-7-8-14(19)16(10-12)21-18(23)11-22-9-3-4-13-15(20)5-2-6-17(13)22/h2,5-8,10H,3-4,9,11,20H2,1H3,(H,21,23). The Balaban J connectivity index is 1.78. The molecule has 1 aliphatic heterocycles. The number of anilines is 3. The van der Waals surface area contributed by atoms with Crippen molar-refractivity contribution < 1.29 is 13.2 Å². The van der Waals surface area contributed by atoms with E-state index in [1.807, 2.05) is 23.1 Å². The third kappa shape index (κ3) is 3.94. The second-order valence-electron chi connectivity index (χ2n) is 6.33. The van der Waals surface area contributed by atoms with E-state index in [1.54, 1.807) is 0 Å². The molecule has 138 valence electrons. The average Bonchev–Trinajstić information content (AvgIpc) is 2.57. The van der Waals surface area contributed by atoms with Crippen molar-refractivity contribution in [1.29, 1.82) is 0 Å². The molecule has 0 saturated heterocycles. The Morgan fingerprint density at radius 2 is 2.08 bits per heavy atom. The van der Waals surface area contributed by atoms with E-state index in [0.29, 0.717) is 0 Å². The predicted molar refractivity (Wildman–Crippen MR) is 105 cm³/mol. The van der Waals surface area contributed by atoms with Crippen LogP contribution in [0.3, 0.4) is 0 Å². The maximum absolute atomic E-state index is 12.5. The summed E-state index contributed by atoms with van der Waals surface area (Å²) < 4.78 is 23.4. The van der Waals surface area contributed by atoms with E-state index in [9.17, 15) is 13.2 Å². The SMILES string of the molecule is CS(=O)(=O)c1ccc(Cl)c(NC(=O)CN2CCCc3c(N)cccc32)c1. The number of rotatable bonds is 4. The van der Waals surface area contributed by atoms with Gasteiger partial charge in [-0.3, -0.25) is 4.79 Å². The minimum absolute atomic E-state index is 0.105. The van der Waals surface area contributed by atoms with Crippen LogP contribution in [0.15, 0.2) is 41.3 Å². The number of amides is 1. The van der Waals surface area contributed by atoms with Gasteiger partial charge in [0.15, 0.2) is 9.84 Å². The molecular weight excluding hydrogens is 374 g/mol. The van der Waals surface area contributed by atoms with Gasteiger partial charge in [-0.1, -0.05) is 17.7 Å². The number of fused-ring (bicyclic) bond motifs is 1. The molecule has 0 bridgehead atoms. The Kier molecular flexibility index (Phi) is 5.11. The first-order valence-electron chi connectivity index (χ1n) is 8.17. The minimum Gasteiger partial charge on any atom is -0.398 e. The van der Waals surface area contributed by atoms with Crippen molar-refractivity contribution in [1.82, 2.24) is 0 Å². The molecule has 0 aliphatic carbocycles. The Hall–Kier alpha value is -2.25. The van der Waals surface area contributed by atoms with Crippen LogP contribution in [0, 0.1) is 0 Å². The molecule has 1 amide bonds. The van der Waals surface area contributed by atoms with Crippen LogP contribution in [0.4, 0.5) is 17.1 Å². The number of hydrogen-bond acceptors (Lipinski definition) is 5. The molecule has 6 nitrogen and oxygen atoms in total. The van der Waals surface area contributed by atoms with Crippen molar-refractivity contribution >= 4 is 44.4 Å². The maximum atomic E-state index is 12.5. The molecule has 1 aliphatic rings. The third-order valence-electron chi connectivity index (χ3n) is 4.36. The lowest BCUT2D eigenvalue weighted by Crippen LogP contribution is -2.37. The van der Waals surface area contributed by atoms with E-state index in [2.05, 4.69) is 5.32 Å². The van der Waals surface area contributed by atoms with Crippen LogP contribution in [0.1, 0.15) is 12.0 Å². The summed E-state index contributed by atoms with van der Waals surface area (Å²) in [4.78, 5) is 14.6. The molecular formula is C18H20ClN3O3S. The van der Waals surface area contributed by atoms with Crippen LogP contribution in [-0.4, -0.2) is 33.7 Å². The van der Waals surface area contributed by atoms with Crippen LogP contribution in [0.2, 0.25) is 5.02 Å². The summed E-state index contributed by atoms with van der Waals surface area (Å²) in [7, 11) is -3.38. The van der Waals surface area contributed by atoms with Crippen LogP contribution >= 0.6 is 11.6 Å². The van der Waals surface area contributed by atoms with Crippen LogP contribution in [0.5, 0.6) is 0 Å². The van der Waals surface area contributed by atoms with Crippen molar-refractivity contribution in [2.24, 2.45) is 0 Å². The van der Waals surface area contributed by atoms with Gasteiger partial charge < -0.3 is 16.0 Å². The fourth-order valence-electron chi connectivity index (χ4n) is 3.09. The zero-order valence-corrected chi connectivity index (χ0v) is 15.9. The van der Waals surface area contributed by atoms with Gasteiger partial charge >= 0.3 is 0 Å². The van der Waals surface area contributed by atoms with Gasteiger partial charge in [0, 0.05) is 24.2 Å². The van der Waals surface area contributed by atoms with Crippen molar-refractivity contribution in [2.45, 2.75) is 17.7 Å². The molecule has 1 heterocycles. The second-order valence-corrected chi connectivity index (χ2v) is 8.75. The van der Waals surface area contributed by atoms with E-state index < -0.39 is 9.84 Å². The summed E-state index contributed by atoms with van der Waals surface area (Å²) in [5.74, 6) is -0.271. The summed E-state index contributed by atoms with van der Waals surface area (Å²) in [5.41, 5.74) is 9.07. The number of halogens is 1. The van der Waals surface area contributed by atoms with Gasteiger partial charge in [-0.2, -0.15) is 0 Å². The first kappa shape index (κ1) is 18.5. The maximum Gasteiger partial charge on any atom is 0.243 e. The van der Waals surface area contributed by atoms with E-state index in [0.717, 1.165) is 42.6 Å². The number of nitrogens with two attached hydrogens (primary N) is 1. The molecule has 0 saturated carbocycles. The van der Waals surface area contributed by atoms with Crippen LogP contribution in [-0.2, 0) is 21.1 Å². The number of carbonyl (C=O) groups is 1. The van der Waals surface area contributed by atoms with Crippen molar-refractivity contribution in [3.05, 3.63) is 47.0 Å². The van der Waals surface area contributed by atoms with Crippen molar-refractivity contribution in [3.63, 3.8) is 0 Å². The molecule has 0 radical (unpaired) electrons. The zero-order valence-electron chi connectivity index (χ0n) is 14.3. The molecule has 0 spiro atoms. The van der Waals surface area contributed by atoms with Gasteiger partial charge in [0.2, 0.25) is 5.91 Å². The first-order valence-corrected chi connectivity index (χ1v) is 10.4. The largest absolute Gasteiger partial charge is 0.398 e. The lowest BCUT2D eigenvalue weighted by Gasteiger charge is -2.31. The molecule has 8 heteroatoms. The third-order valence-corrected chi connectivity index (χ3v) is 5.80. The number of carbonyl (C=O) groups excluding carboxylic acids is 1. The highest BCUT2D eigenvalue weighted by Gasteiger charge is 2.21. The van der Waals surface area contributed by atoms with E-state index in [-0.39, 0.29) is 28.1 Å². The molecule has 3 N–H and O–H groups in total. The molecule has 0 atom stereocenters. The minimum atomic E-state index is -3.38. The highest BCUT2D eigenvalue weighted by atomic mass is 35.5. The number of nitrogens with one attached hydrogen (secondary N) is 1. The number of hydrogen-bond donors (Lipinski definition) is 2. The monoisotopic (exact) mass is 393 g/mol. The molecule has 3 rings (SSSR count). The van der Waals surface area contributed by atoms with Gasteiger partial charge in [0.1, 0.15) is 0 Å². The second kappa shape index (κ2) is 7.17. The van der Waals surface area contributed by atoms with Crippen molar-refractivity contribution in [3.8, 4) is 0 Å². The van der Waals surface area contributed by atoms with Gasteiger partial charge in [-0.25, -0.2) is 8.42 Å². The number of nitrogens with zero attached hydrogens (tertiary/aromatic N) is 1. The lowest BCUT2D eigenvalue weighted by molar-refractivity contribution is -0.115. The fraction of sp³-hybridized carbons (Fsp3) is 0.278. The smallest absolute Gasteiger partial charge is 0.243 e. The van der Waals surface area contributed by atoms with E-state index in [1.165, 1.54) is 18.2 Å². The van der Waals surface area contributed by atoms with Crippen molar-refractivity contribution in [2.75, 3.05) is 35.3 Å². The molecule has 0 aromatic heterocycles. The number of sulfone groups is 1. The molecule has 2 aromatic carbocycles. The number of nitrogen functional groups attached to an aromatic ring is 1. The highest BCUT2D eigenvalue weighted by molar-refractivity contribution is 7.90. The van der Waals surface area contributed by atoms with Gasteiger partial charge in [-0.05, 0) is 48.7 Å². The summed E-state index contributed by atoms with van der Waals surface area (Å²) in [6.45, 7) is 0.886. The lowest BCUT2D eigenvalue weighted by atomic mass is 10.00. The summed E-state index contributed by atoms with van der Waals surface area (Å²) >= 11 is 6.10. The summed E-state index contributed by atoms with van der Waals surface area (Å²) in [6, 6.07) is 9.93. The Bertz CT molecular complexity index is 960. The fourth-order valence-corrected chi connectivity index (χ4v) is 3.90. The predicted octanol–water partition coefficient (Wildman–Crippen LogP) is 2.72. The summed E-state index contributed by atoms with van der Waals surface area (Å²) in [6.07, 6.45) is 2.91. The molecule has 26 heavy (non-hydrogen) atoms. The van der Waals surface area contributed by atoms with Crippen LogP contribution < -0.4 is 16.0 Å². The average molecular weight is 394 g/mol. The molecule has 0 fully saturated rings. The van der Waals surface area contributed by atoms with E-state index >= 15 is 0 Å². The summed E-state index contributed by atoms with van der Waals surface area (Å²) in [5, 5.41) is 2.99.